The van der Waals surface area contributed by atoms with Crippen molar-refractivity contribution in [3.05, 3.63) is 57.3 Å². The van der Waals surface area contributed by atoms with Crippen LogP contribution < -0.4 is 10.5 Å². The standard InChI is InChI=1S/C13H12BrClN2O/c14-10-1-2-13(12(15)6-10)18-8-9-3-4-17-11(5-9)7-16/h1-6H,7-8,16H2. The molecular formula is C13H12BrClN2O. The molecule has 2 aromatic rings. The zero-order valence-corrected chi connectivity index (χ0v) is 11.9. The molecule has 0 bridgehead atoms. The van der Waals surface area contributed by atoms with E-state index in [1.54, 1.807) is 12.3 Å². The fourth-order valence-electron chi connectivity index (χ4n) is 1.48. The molecule has 1 aromatic heterocycles. The van der Waals surface area contributed by atoms with E-state index in [9.17, 15) is 0 Å². The summed E-state index contributed by atoms with van der Waals surface area (Å²) in [5.41, 5.74) is 7.40. The number of hydrogen-bond donors (Lipinski definition) is 1. The van der Waals surface area contributed by atoms with Gasteiger partial charge in [-0.25, -0.2) is 0 Å². The van der Waals surface area contributed by atoms with Crippen LogP contribution in [-0.2, 0) is 13.2 Å². The van der Waals surface area contributed by atoms with E-state index in [4.69, 9.17) is 22.1 Å². The van der Waals surface area contributed by atoms with Gasteiger partial charge in [0, 0.05) is 17.2 Å². The molecule has 0 aliphatic rings. The molecule has 0 amide bonds. The Labute approximate surface area is 119 Å². The van der Waals surface area contributed by atoms with Crippen LogP contribution in [0.3, 0.4) is 0 Å². The summed E-state index contributed by atoms with van der Waals surface area (Å²) in [5, 5.41) is 0.581. The lowest BCUT2D eigenvalue weighted by Crippen LogP contribution is -2.02. The van der Waals surface area contributed by atoms with Crippen LogP contribution in [0.15, 0.2) is 41.0 Å². The molecule has 0 aliphatic carbocycles. The minimum absolute atomic E-state index is 0.423. The molecule has 0 saturated carbocycles. The van der Waals surface area contributed by atoms with Crippen molar-refractivity contribution in [2.24, 2.45) is 5.73 Å². The van der Waals surface area contributed by atoms with E-state index in [0.29, 0.717) is 23.9 Å². The van der Waals surface area contributed by atoms with Crippen molar-refractivity contribution in [1.29, 1.82) is 0 Å². The molecule has 5 heteroatoms. The average Bonchev–Trinajstić information content (AvgIpc) is 2.38. The van der Waals surface area contributed by atoms with Gasteiger partial charge in [0.25, 0.3) is 0 Å². The molecule has 1 aromatic carbocycles. The number of aromatic nitrogens is 1. The van der Waals surface area contributed by atoms with E-state index >= 15 is 0 Å². The van der Waals surface area contributed by atoms with Gasteiger partial charge in [-0.2, -0.15) is 0 Å². The molecule has 0 atom stereocenters. The fraction of sp³-hybridized carbons (Fsp3) is 0.154. The van der Waals surface area contributed by atoms with Crippen molar-refractivity contribution in [1.82, 2.24) is 4.98 Å². The van der Waals surface area contributed by atoms with Crippen molar-refractivity contribution in [2.45, 2.75) is 13.2 Å². The Hall–Kier alpha value is -1.10. The summed E-state index contributed by atoms with van der Waals surface area (Å²) < 4.78 is 6.58. The number of ether oxygens (including phenoxy) is 1. The lowest BCUT2D eigenvalue weighted by Gasteiger charge is -2.08. The number of hydrogen-bond acceptors (Lipinski definition) is 3. The molecule has 94 valence electrons. The molecule has 0 saturated heterocycles. The predicted molar refractivity (Wildman–Crippen MR) is 75.6 cm³/mol. The molecule has 0 spiro atoms. The van der Waals surface area contributed by atoms with E-state index in [2.05, 4.69) is 20.9 Å². The van der Waals surface area contributed by atoms with Gasteiger partial charge in [-0.1, -0.05) is 27.5 Å². The molecule has 0 aliphatic heterocycles. The maximum Gasteiger partial charge on any atom is 0.138 e. The maximum absolute atomic E-state index is 6.07. The Morgan fingerprint density at radius 1 is 1.28 bits per heavy atom. The zero-order valence-electron chi connectivity index (χ0n) is 9.57. The Kier molecular flexibility index (Phi) is 4.58. The van der Waals surface area contributed by atoms with Gasteiger partial charge in [0.2, 0.25) is 0 Å². The Morgan fingerprint density at radius 3 is 2.83 bits per heavy atom. The molecule has 1 heterocycles. The van der Waals surface area contributed by atoms with Crippen LogP contribution in [0.25, 0.3) is 0 Å². The SMILES string of the molecule is NCc1cc(COc2ccc(Br)cc2Cl)ccn1. The van der Waals surface area contributed by atoms with Crippen LogP contribution in [0.1, 0.15) is 11.3 Å². The lowest BCUT2D eigenvalue weighted by molar-refractivity contribution is 0.306. The summed E-state index contributed by atoms with van der Waals surface area (Å²) in [6.07, 6.45) is 1.73. The number of halogens is 2. The predicted octanol–water partition coefficient (Wildman–Crippen LogP) is 3.54. The van der Waals surface area contributed by atoms with E-state index in [-0.39, 0.29) is 0 Å². The van der Waals surface area contributed by atoms with Gasteiger partial charge in [0.15, 0.2) is 0 Å². The molecular weight excluding hydrogens is 316 g/mol. The third-order valence-corrected chi connectivity index (χ3v) is 3.17. The lowest BCUT2D eigenvalue weighted by atomic mass is 10.2. The fourth-order valence-corrected chi connectivity index (χ4v) is 2.21. The minimum atomic E-state index is 0.423. The highest BCUT2D eigenvalue weighted by Gasteiger charge is 2.03. The quantitative estimate of drug-likeness (QED) is 0.934. The minimum Gasteiger partial charge on any atom is -0.487 e. The average molecular weight is 328 g/mol. The molecule has 2 rings (SSSR count). The topological polar surface area (TPSA) is 48.1 Å². The van der Waals surface area contributed by atoms with E-state index in [0.717, 1.165) is 15.7 Å². The van der Waals surface area contributed by atoms with Crippen molar-refractivity contribution < 1.29 is 4.74 Å². The van der Waals surface area contributed by atoms with Crippen LogP contribution >= 0.6 is 27.5 Å². The Bertz CT molecular complexity index is 548. The summed E-state index contributed by atoms with van der Waals surface area (Å²) in [4.78, 5) is 4.13. The van der Waals surface area contributed by atoms with Crippen LogP contribution in [0.2, 0.25) is 5.02 Å². The normalized spacial score (nSPS) is 10.4. The van der Waals surface area contributed by atoms with Crippen molar-refractivity contribution >= 4 is 27.5 Å². The first-order valence-corrected chi connectivity index (χ1v) is 6.58. The van der Waals surface area contributed by atoms with Crippen LogP contribution in [0, 0.1) is 0 Å². The number of nitrogens with zero attached hydrogens (tertiary/aromatic N) is 1. The molecule has 3 nitrogen and oxygen atoms in total. The van der Waals surface area contributed by atoms with Crippen LogP contribution in [-0.4, -0.2) is 4.98 Å². The highest BCUT2D eigenvalue weighted by Crippen LogP contribution is 2.28. The summed E-state index contributed by atoms with van der Waals surface area (Å²) in [5.74, 6) is 0.658. The van der Waals surface area contributed by atoms with Gasteiger partial charge in [0.1, 0.15) is 12.4 Å². The maximum atomic E-state index is 6.07. The van der Waals surface area contributed by atoms with E-state index < -0.39 is 0 Å². The molecule has 0 fully saturated rings. The van der Waals surface area contributed by atoms with Gasteiger partial charge < -0.3 is 10.5 Å². The van der Waals surface area contributed by atoms with Gasteiger partial charge in [0.05, 0.1) is 10.7 Å². The highest BCUT2D eigenvalue weighted by atomic mass is 79.9. The number of rotatable bonds is 4. The summed E-state index contributed by atoms with van der Waals surface area (Å²) >= 11 is 9.42. The van der Waals surface area contributed by atoms with E-state index in [1.165, 1.54) is 0 Å². The second-order valence-electron chi connectivity index (χ2n) is 3.72. The largest absolute Gasteiger partial charge is 0.487 e. The highest BCUT2D eigenvalue weighted by molar-refractivity contribution is 9.10. The molecule has 0 radical (unpaired) electrons. The molecule has 2 N–H and O–H groups in total. The van der Waals surface area contributed by atoms with Gasteiger partial charge >= 0.3 is 0 Å². The van der Waals surface area contributed by atoms with Crippen LogP contribution in [0.5, 0.6) is 5.75 Å². The van der Waals surface area contributed by atoms with Gasteiger partial charge in [-0.15, -0.1) is 0 Å². The third kappa shape index (κ3) is 3.45. The first kappa shape index (κ1) is 13.3. The van der Waals surface area contributed by atoms with Crippen molar-refractivity contribution in [2.75, 3.05) is 0 Å². The number of pyridine rings is 1. The Balaban J connectivity index is 2.06. The smallest absolute Gasteiger partial charge is 0.138 e. The molecule has 18 heavy (non-hydrogen) atoms. The second kappa shape index (κ2) is 6.18. The van der Waals surface area contributed by atoms with Gasteiger partial charge in [-0.3, -0.25) is 4.98 Å². The Morgan fingerprint density at radius 2 is 2.11 bits per heavy atom. The third-order valence-electron chi connectivity index (χ3n) is 2.38. The summed E-state index contributed by atoms with van der Waals surface area (Å²) in [7, 11) is 0. The number of nitrogens with two attached hydrogens (primary N) is 1. The van der Waals surface area contributed by atoms with E-state index in [1.807, 2.05) is 24.3 Å². The molecule has 0 unspecified atom stereocenters. The van der Waals surface area contributed by atoms with Gasteiger partial charge in [-0.05, 0) is 35.9 Å². The first-order valence-electron chi connectivity index (χ1n) is 5.41. The summed E-state index contributed by atoms with van der Waals surface area (Å²) in [6, 6.07) is 9.34. The van der Waals surface area contributed by atoms with Crippen molar-refractivity contribution in [3.63, 3.8) is 0 Å². The first-order chi connectivity index (χ1) is 8.69. The van der Waals surface area contributed by atoms with Crippen molar-refractivity contribution in [3.8, 4) is 5.75 Å². The number of benzene rings is 1. The zero-order chi connectivity index (χ0) is 13.0. The van der Waals surface area contributed by atoms with Crippen LogP contribution in [0.4, 0.5) is 0 Å². The second-order valence-corrected chi connectivity index (χ2v) is 5.05. The monoisotopic (exact) mass is 326 g/mol. The summed E-state index contributed by atoms with van der Waals surface area (Å²) in [6.45, 7) is 0.865.